The summed E-state index contributed by atoms with van der Waals surface area (Å²) in [6, 6.07) is 10.2. The molecule has 6 heteroatoms. The summed E-state index contributed by atoms with van der Waals surface area (Å²) in [7, 11) is 0. The molecule has 0 radical (unpaired) electrons. The van der Waals surface area contributed by atoms with Crippen molar-refractivity contribution in [3.63, 3.8) is 0 Å². The number of para-hydroxylation sites is 1. The highest BCUT2D eigenvalue weighted by Gasteiger charge is 2.13. The lowest BCUT2D eigenvalue weighted by Gasteiger charge is -2.27. The molecule has 1 fully saturated rings. The number of hydrogen-bond acceptors (Lipinski definition) is 6. The van der Waals surface area contributed by atoms with E-state index < -0.39 is 0 Å². The lowest BCUT2D eigenvalue weighted by molar-refractivity contribution is 0.122. The zero-order chi connectivity index (χ0) is 14.5. The summed E-state index contributed by atoms with van der Waals surface area (Å²) in [5, 5.41) is 3.37. The van der Waals surface area contributed by atoms with Gasteiger partial charge in [-0.05, 0) is 18.4 Å². The fourth-order valence-corrected chi connectivity index (χ4v) is 2.82. The van der Waals surface area contributed by atoms with Gasteiger partial charge >= 0.3 is 0 Å². The Hall–Kier alpha value is -1.79. The number of benzene rings is 1. The molecule has 0 atom stereocenters. The maximum atomic E-state index is 5.37. The number of aromatic nitrogens is 2. The van der Waals surface area contributed by atoms with E-state index in [-0.39, 0.29) is 0 Å². The van der Waals surface area contributed by atoms with Crippen LogP contribution in [0.4, 0.5) is 17.3 Å². The maximum Gasteiger partial charge on any atom is 0.135 e. The van der Waals surface area contributed by atoms with Crippen molar-refractivity contribution >= 4 is 29.1 Å². The first-order chi connectivity index (χ1) is 10.4. The van der Waals surface area contributed by atoms with E-state index in [9.17, 15) is 0 Å². The molecule has 1 N–H and O–H groups in total. The maximum absolute atomic E-state index is 5.37. The number of thioether (sulfide) groups is 1. The Labute approximate surface area is 128 Å². The second-order valence-electron chi connectivity index (χ2n) is 4.69. The molecule has 0 unspecified atom stereocenters. The minimum atomic E-state index is 0.752. The highest BCUT2D eigenvalue weighted by atomic mass is 32.2. The summed E-state index contributed by atoms with van der Waals surface area (Å²) in [6.07, 6.45) is 3.68. The lowest BCUT2D eigenvalue weighted by atomic mass is 10.3. The number of anilines is 3. The predicted molar refractivity (Wildman–Crippen MR) is 86.6 cm³/mol. The third-order valence-electron chi connectivity index (χ3n) is 3.36. The zero-order valence-corrected chi connectivity index (χ0v) is 12.8. The van der Waals surface area contributed by atoms with Crippen molar-refractivity contribution in [1.82, 2.24) is 9.97 Å². The Morgan fingerprint density at radius 1 is 1.19 bits per heavy atom. The second-order valence-corrected chi connectivity index (χ2v) is 5.53. The predicted octanol–water partition coefficient (Wildman–Crippen LogP) is 2.78. The van der Waals surface area contributed by atoms with Crippen molar-refractivity contribution in [2.75, 3.05) is 42.8 Å². The fourth-order valence-electron chi connectivity index (χ4n) is 2.27. The second kappa shape index (κ2) is 6.78. The molecule has 0 aliphatic carbocycles. The molecule has 1 aromatic carbocycles. The van der Waals surface area contributed by atoms with Crippen molar-refractivity contribution in [1.29, 1.82) is 0 Å². The highest BCUT2D eigenvalue weighted by Crippen LogP contribution is 2.27. The Bertz CT molecular complexity index is 602. The molecule has 3 rings (SSSR count). The smallest absolute Gasteiger partial charge is 0.135 e. The normalized spacial score (nSPS) is 15.0. The minimum Gasteiger partial charge on any atom is -0.378 e. The number of morpholine rings is 1. The molecule has 110 valence electrons. The third-order valence-corrected chi connectivity index (χ3v) is 4.15. The van der Waals surface area contributed by atoms with Gasteiger partial charge in [-0.15, -0.1) is 11.8 Å². The van der Waals surface area contributed by atoms with Crippen LogP contribution in [-0.2, 0) is 4.74 Å². The van der Waals surface area contributed by atoms with E-state index in [2.05, 4.69) is 38.6 Å². The summed E-state index contributed by atoms with van der Waals surface area (Å²) >= 11 is 1.71. The Kier molecular flexibility index (Phi) is 4.57. The van der Waals surface area contributed by atoms with Crippen LogP contribution < -0.4 is 10.2 Å². The van der Waals surface area contributed by atoms with Gasteiger partial charge in [-0.25, -0.2) is 9.97 Å². The SMILES string of the molecule is CSc1ccccc1Nc1cc(N2CCOCC2)ncn1. The van der Waals surface area contributed by atoms with Crippen molar-refractivity contribution in [3.05, 3.63) is 36.7 Å². The first-order valence-electron chi connectivity index (χ1n) is 6.91. The molecule has 1 aliphatic rings. The Morgan fingerprint density at radius 2 is 2.00 bits per heavy atom. The molecular formula is C15H18N4OS. The topological polar surface area (TPSA) is 50.3 Å². The van der Waals surface area contributed by atoms with Crippen LogP contribution in [0.5, 0.6) is 0 Å². The summed E-state index contributed by atoms with van der Waals surface area (Å²) in [4.78, 5) is 12.1. The van der Waals surface area contributed by atoms with Crippen molar-refractivity contribution < 1.29 is 4.74 Å². The summed E-state index contributed by atoms with van der Waals surface area (Å²) in [5.41, 5.74) is 1.07. The van der Waals surface area contributed by atoms with Crippen LogP contribution in [0.3, 0.4) is 0 Å². The molecule has 1 aromatic heterocycles. The average Bonchev–Trinajstić information content (AvgIpc) is 2.56. The minimum absolute atomic E-state index is 0.752. The van der Waals surface area contributed by atoms with Gasteiger partial charge in [0, 0.05) is 24.1 Å². The molecule has 1 aliphatic heterocycles. The quantitative estimate of drug-likeness (QED) is 0.877. The molecule has 1 saturated heterocycles. The van der Waals surface area contributed by atoms with E-state index in [4.69, 9.17) is 4.74 Å². The molecule has 0 bridgehead atoms. The van der Waals surface area contributed by atoms with Crippen LogP contribution in [0.15, 0.2) is 41.6 Å². The molecule has 5 nitrogen and oxygen atoms in total. The first kappa shape index (κ1) is 14.2. The van der Waals surface area contributed by atoms with Gasteiger partial charge < -0.3 is 15.0 Å². The van der Waals surface area contributed by atoms with Gasteiger partial charge in [0.2, 0.25) is 0 Å². The van der Waals surface area contributed by atoms with E-state index in [1.54, 1.807) is 18.1 Å². The molecule has 0 amide bonds. The van der Waals surface area contributed by atoms with Crippen LogP contribution in [-0.4, -0.2) is 42.5 Å². The average molecular weight is 302 g/mol. The van der Waals surface area contributed by atoms with Crippen LogP contribution in [0.2, 0.25) is 0 Å². The van der Waals surface area contributed by atoms with Crippen molar-refractivity contribution in [2.24, 2.45) is 0 Å². The van der Waals surface area contributed by atoms with Crippen LogP contribution in [0, 0.1) is 0 Å². The number of nitrogens with zero attached hydrogens (tertiary/aromatic N) is 3. The number of ether oxygens (including phenoxy) is 1. The van der Waals surface area contributed by atoms with Gasteiger partial charge in [0.05, 0.1) is 18.9 Å². The molecule has 2 heterocycles. The van der Waals surface area contributed by atoms with E-state index in [1.807, 2.05) is 18.2 Å². The van der Waals surface area contributed by atoms with Gasteiger partial charge in [0.1, 0.15) is 18.0 Å². The van der Waals surface area contributed by atoms with Gasteiger partial charge in [-0.3, -0.25) is 0 Å². The number of hydrogen-bond donors (Lipinski definition) is 1. The van der Waals surface area contributed by atoms with Gasteiger partial charge in [-0.2, -0.15) is 0 Å². The van der Waals surface area contributed by atoms with Crippen LogP contribution >= 0.6 is 11.8 Å². The van der Waals surface area contributed by atoms with Crippen molar-refractivity contribution in [2.45, 2.75) is 4.90 Å². The van der Waals surface area contributed by atoms with E-state index >= 15 is 0 Å². The number of nitrogens with one attached hydrogen (secondary N) is 1. The van der Waals surface area contributed by atoms with E-state index in [0.717, 1.165) is 43.6 Å². The van der Waals surface area contributed by atoms with E-state index in [1.165, 1.54) is 4.90 Å². The largest absolute Gasteiger partial charge is 0.378 e. The Balaban J connectivity index is 1.79. The molecule has 2 aromatic rings. The van der Waals surface area contributed by atoms with Gasteiger partial charge in [0.15, 0.2) is 0 Å². The highest BCUT2D eigenvalue weighted by molar-refractivity contribution is 7.98. The standard InChI is InChI=1S/C15H18N4OS/c1-21-13-5-3-2-4-12(13)18-14-10-15(17-11-16-14)19-6-8-20-9-7-19/h2-5,10-11H,6-9H2,1H3,(H,16,17,18). The summed E-state index contributed by atoms with van der Waals surface area (Å²) in [6.45, 7) is 3.25. The summed E-state index contributed by atoms with van der Waals surface area (Å²) < 4.78 is 5.37. The van der Waals surface area contributed by atoms with E-state index in [0.29, 0.717) is 0 Å². The molecule has 21 heavy (non-hydrogen) atoms. The third kappa shape index (κ3) is 3.46. The monoisotopic (exact) mass is 302 g/mol. The van der Waals surface area contributed by atoms with Gasteiger partial charge in [-0.1, -0.05) is 12.1 Å². The lowest BCUT2D eigenvalue weighted by Crippen LogP contribution is -2.36. The van der Waals surface area contributed by atoms with Crippen molar-refractivity contribution in [3.8, 4) is 0 Å². The molecule has 0 spiro atoms. The zero-order valence-electron chi connectivity index (χ0n) is 12.0. The first-order valence-corrected chi connectivity index (χ1v) is 8.14. The fraction of sp³-hybridized carbons (Fsp3) is 0.333. The molecular weight excluding hydrogens is 284 g/mol. The van der Waals surface area contributed by atoms with Gasteiger partial charge in [0.25, 0.3) is 0 Å². The summed E-state index contributed by atoms with van der Waals surface area (Å²) in [5.74, 6) is 1.76. The number of rotatable bonds is 4. The Morgan fingerprint density at radius 3 is 2.81 bits per heavy atom. The van der Waals surface area contributed by atoms with Crippen LogP contribution in [0.25, 0.3) is 0 Å². The van der Waals surface area contributed by atoms with Crippen LogP contribution in [0.1, 0.15) is 0 Å². The molecule has 0 saturated carbocycles.